The van der Waals surface area contributed by atoms with Crippen LogP contribution < -0.4 is 9.46 Å². The van der Waals surface area contributed by atoms with Gasteiger partial charge in [-0.2, -0.15) is 0 Å². The Hall–Kier alpha value is -2.03. The lowest BCUT2D eigenvalue weighted by Crippen LogP contribution is -2.30. The smallest absolute Gasteiger partial charge is 0.270 e. The van der Waals surface area contributed by atoms with Crippen LogP contribution in [-0.4, -0.2) is 51.0 Å². The maximum Gasteiger partial charge on any atom is 0.270 e. The number of carbonyl (C=O) groups excluding carboxylic acids is 1. The Bertz CT molecular complexity index is 880. The summed E-state index contributed by atoms with van der Waals surface area (Å²) in [6, 6.07) is 8.48. The predicted octanol–water partition coefficient (Wildman–Crippen LogP) is 2.13. The van der Waals surface area contributed by atoms with Gasteiger partial charge in [0.2, 0.25) is 10.0 Å². The molecule has 9 heteroatoms. The normalized spacial score (nSPS) is 11.4. The van der Waals surface area contributed by atoms with Crippen LogP contribution in [0, 0.1) is 0 Å². The molecule has 0 atom stereocenters. The molecular weight excluding hydrogens is 378 g/mol. The van der Waals surface area contributed by atoms with Crippen LogP contribution in [0.25, 0.3) is 0 Å². The Labute approximate surface area is 158 Å². The Morgan fingerprint density at radius 1 is 1.35 bits per heavy atom. The van der Waals surface area contributed by atoms with E-state index in [1.54, 1.807) is 32.3 Å². The zero-order chi connectivity index (χ0) is 19.3. The van der Waals surface area contributed by atoms with Gasteiger partial charge in [0.05, 0.1) is 6.61 Å². The molecule has 0 spiro atoms. The second kappa shape index (κ2) is 8.57. The van der Waals surface area contributed by atoms with Crippen LogP contribution in [0.4, 0.5) is 0 Å². The highest BCUT2D eigenvalue weighted by Gasteiger charge is 2.21. The molecule has 7 nitrogen and oxygen atoms in total. The fourth-order valence-electron chi connectivity index (χ4n) is 2.36. The standard InChI is InChI=1S/C17H22ClN3O4S/c1-19-26(23,24)15-11-16(21(3)12-15)17(22)20(2)8-5-9-25-14-7-4-6-13(18)10-14/h4,6-7,10-12,19H,5,8-9H2,1-3H3. The van der Waals surface area contributed by atoms with Gasteiger partial charge in [0.1, 0.15) is 16.3 Å². The Balaban J connectivity index is 1.91. The number of hydrogen-bond acceptors (Lipinski definition) is 4. The van der Waals surface area contributed by atoms with Gasteiger partial charge in [-0.1, -0.05) is 17.7 Å². The van der Waals surface area contributed by atoms with Gasteiger partial charge in [-0.3, -0.25) is 4.79 Å². The zero-order valence-corrected chi connectivity index (χ0v) is 16.5. The maximum atomic E-state index is 12.5. The monoisotopic (exact) mass is 399 g/mol. The molecule has 1 aromatic heterocycles. The Morgan fingerprint density at radius 2 is 2.08 bits per heavy atom. The van der Waals surface area contributed by atoms with Gasteiger partial charge in [-0.05, 0) is 37.7 Å². The number of benzene rings is 1. The highest BCUT2D eigenvalue weighted by atomic mass is 35.5. The lowest BCUT2D eigenvalue weighted by Gasteiger charge is -2.17. The first-order valence-corrected chi connectivity index (χ1v) is 9.84. The van der Waals surface area contributed by atoms with Crippen LogP contribution in [0.2, 0.25) is 5.02 Å². The fraction of sp³-hybridized carbons (Fsp3) is 0.353. The van der Waals surface area contributed by atoms with Crippen LogP contribution in [0.1, 0.15) is 16.9 Å². The number of sulfonamides is 1. The topological polar surface area (TPSA) is 80.6 Å². The van der Waals surface area contributed by atoms with E-state index >= 15 is 0 Å². The third kappa shape index (κ3) is 5.00. The van der Waals surface area contributed by atoms with Gasteiger partial charge in [-0.15, -0.1) is 0 Å². The van der Waals surface area contributed by atoms with Crippen molar-refractivity contribution in [1.29, 1.82) is 0 Å². The van der Waals surface area contributed by atoms with Crippen molar-refractivity contribution in [3.63, 3.8) is 0 Å². The molecule has 0 radical (unpaired) electrons. The van der Waals surface area contributed by atoms with Crippen molar-refractivity contribution in [2.24, 2.45) is 7.05 Å². The Morgan fingerprint density at radius 3 is 2.73 bits per heavy atom. The molecule has 2 rings (SSSR count). The van der Waals surface area contributed by atoms with Crippen LogP contribution in [0.5, 0.6) is 5.75 Å². The summed E-state index contributed by atoms with van der Waals surface area (Å²) in [7, 11) is 1.05. The minimum atomic E-state index is -3.59. The van der Waals surface area contributed by atoms with Crippen molar-refractivity contribution >= 4 is 27.5 Å². The van der Waals surface area contributed by atoms with E-state index in [0.717, 1.165) is 0 Å². The first kappa shape index (κ1) is 20.3. The highest BCUT2D eigenvalue weighted by molar-refractivity contribution is 7.89. The predicted molar refractivity (Wildman–Crippen MR) is 100 cm³/mol. The maximum absolute atomic E-state index is 12.5. The molecule has 26 heavy (non-hydrogen) atoms. The molecule has 1 amide bonds. The van der Waals surface area contributed by atoms with Gasteiger partial charge >= 0.3 is 0 Å². The number of carbonyl (C=O) groups is 1. The van der Waals surface area contributed by atoms with Gasteiger partial charge in [0.15, 0.2) is 0 Å². The second-order valence-electron chi connectivity index (χ2n) is 5.77. The highest BCUT2D eigenvalue weighted by Crippen LogP contribution is 2.17. The van der Waals surface area contributed by atoms with Crippen molar-refractivity contribution in [2.45, 2.75) is 11.3 Å². The van der Waals surface area contributed by atoms with E-state index in [1.165, 1.54) is 28.8 Å². The van der Waals surface area contributed by atoms with Crippen LogP contribution in [-0.2, 0) is 17.1 Å². The van der Waals surface area contributed by atoms with E-state index < -0.39 is 10.0 Å². The van der Waals surface area contributed by atoms with Crippen LogP contribution in [0.3, 0.4) is 0 Å². The van der Waals surface area contributed by atoms with Crippen molar-refractivity contribution in [2.75, 3.05) is 27.2 Å². The molecule has 0 aliphatic rings. The zero-order valence-electron chi connectivity index (χ0n) is 14.9. The number of ether oxygens (including phenoxy) is 1. The average molecular weight is 400 g/mol. The van der Waals surface area contributed by atoms with E-state index in [2.05, 4.69) is 4.72 Å². The molecular formula is C17H22ClN3O4S. The van der Waals surface area contributed by atoms with Crippen LogP contribution >= 0.6 is 11.6 Å². The fourth-order valence-corrected chi connectivity index (χ4v) is 3.34. The van der Waals surface area contributed by atoms with E-state index in [4.69, 9.17) is 16.3 Å². The van der Waals surface area contributed by atoms with Crippen molar-refractivity contribution in [1.82, 2.24) is 14.2 Å². The molecule has 0 saturated carbocycles. The summed E-state index contributed by atoms with van der Waals surface area (Å²) in [4.78, 5) is 14.1. The van der Waals surface area contributed by atoms with E-state index in [-0.39, 0.29) is 10.8 Å². The minimum absolute atomic E-state index is 0.0588. The summed E-state index contributed by atoms with van der Waals surface area (Å²) >= 11 is 5.89. The molecule has 0 unspecified atom stereocenters. The van der Waals surface area contributed by atoms with E-state index in [1.807, 2.05) is 6.07 Å². The number of aryl methyl sites for hydroxylation is 1. The molecule has 1 aromatic carbocycles. The molecule has 0 aliphatic carbocycles. The van der Waals surface area contributed by atoms with Crippen molar-refractivity contribution < 1.29 is 17.9 Å². The van der Waals surface area contributed by atoms with Gasteiger partial charge < -0.3 is 14.2 Å². The summed E-state index contributed by atoms with van der Waals surface area (Å²) < 4.78 is 33.0. The average Bonchev–Trinajstić information content (AvgIpc) is 3.00. The summed E-state index contributed by atoms with van der Waals surface area (Å²) in [6.45, 7) is 0.906. The number of aromatic nitrogens is 1. The number of rotatable bonds is 8. The van der Waals surface area contributed by atoms with Crippen molar-refractivity contribution in [3.05, 3.63) is 47.2 Å². The Kier molecular flexibility index (Phi) is 6.69. The molecule has 0 aliphatic heterocycles. The number of amides is 1. The molecule has 0 saturated heterocycles. The second-order valence-corrected chi connectivity index (χ2v) is 8.09. The van der Waals surface area contributed by atoms with Gasteiger partial charge in [-0.25, -0.2) is 13.1 Å². The summed E-state index contributed by atoms with van der Waals surface area (Å²) in [5, 5.41) is 0.603. The van der Waals surface area contributed by atoms with Gasteiger partial charge in [0.25, 0.3) is 5.91 Å². The lowest BCUT2D eigenvalue weighted by atomic mass is 10.3. The quantitative estimate of drug-likeness (QED) is 0.689. The summed E-state index contributed by atoms with van der Waals surface area (Å²) in [6.07, 6.45) is 2.04. The molecule has 1 N–H and O–H groups in total. The number of nitrogens with zero attached hydrogens (tertiary/aromatic N) is 2. The first-order valence-electron chi connectivity index (χ1n) is 7.98. The molecule has 142 valence electrons. The third-order valence-electron chi connectivity index (χ3n) is 3.83. The summed E-state index contributed by atoms with van der Waals surface area (Å²) in [5.41, 5.74) is 0.303. The SMILES string of the molecule is CNS(=O)(=O)c1cc(C(=O)N(C)CCCOc2cccc(Cl)c2)n(C)c1. The molecule has 2 aromatic rings. The number of halogens is 1. The van der Waals surface area contributed by atoms with Crippen molar-refractivity contribution in [3.8, 4) is 5.75 Å². The van der Waals surface area contributed by atoms with Crippen LogP contribution in [0.15, 0.2) is 41.4 Å². The third-order valence-corrected chi connectivity index (χ3v) is 5.44. The van der Waals surface area contributed by atoms with E-state index in [9.17, 15) is 13.2 Å². The molecule has 1 heterocycles. The summed E-state index contributed by atoms with van der Waals surface area (Å²) in [5.74, 6) is 0.420. The lowest BCUT2D eigenvalue weighted by molar-refractivity contribution is 0.0778. The number of nitrogens with one attached hydrogen (secondary N) is 1. The van der Waals surface area contributed by atoms with Gasteiger partial charge in [0, 0.05) is 31.9 Å². The van der Waals surface area contributed by atoms with E-state index in [0.29, 0.717) is 36.0 Å². The number of hydrogen-bond donors (Lipinski definition) is 1. The minimum Gasteiger partial charge on any atom is -0.493 e. The molecule has 0 bridgehead atoms. The molecule has 0 fully saturated rings. The first-order chi connectivity index (χ1) is 12.2. The largest absolute Gasteiger partial charge is 0.493 e.